The predicted molar refractivity (Wildman–Crippen MR) is 217 cm³/mol. The van der Waals surface area contributed by atoms with Gasteiger partial charge < -0.3 is 5.11 Å². The number of nitrogens with zero attached hydrogens (tertiary/aromatic N) is 3. The Morgan fingerprint density at radius 1 is 0.538 bits per heavy atom. The highest BCUT2D eigenvalue weighted by atomic mass is 16.3. The molecule has 0 atom stereocenters. The number of pyridine rings is 1. The molecule has 0 unspecified atom stereocenters. The first kappa shape index (κ1) is 33.2. The normalized spacial score (nSPS) is 12.1. The fourth-order valence-electron chi connectivity index (χ4n) is 7.11. The van der Waals surface area contributed by atoms with Crippen LogP contribution >= 0.6 is 0 Å². The van der Waals surface area contributed by atoms with Crippen LogP contribution in [0.4, 0.5) is 0 Å². The van der Waals surface area contributed by atoms with Crippen molar-refractivity contribution in [3.05, 3.63) is 157 Å². The molecule has 4 nitrogen and oxygen atoms in total. The molecule has 0 saturated heterocycles. The summed E-state index contributed by atoms with van der Waals surface area (Å²) in [5.41, 5.74) is 12.4. The summed E-state index contributed by atoms with van der Waals surface area (Å²) in [5.74, 6) is 0.874. The smallest absolute Gasteiger partial charge is 0.149 e. The van der Waals surface area contributed by atoms with Crippen LogP contribution in [0.2, 0.25) is 0 Å². The van der Waals surface area contributed by atoms with Crippen LogP contribution < -0.4 is 0 Å². The van der Waals surface area contributed by atoms with E-state index in [9.17, 15) is 5.11 Å². The second kappa shape index (κ2) is 12.6. The van der Waals surface area contributed by atoms with Crippen molar-refractivity contribution in [1.29, 1.82) is 0 Å². The van der Waals surface area contributed by atoms with E-state index in [1.165, 1.54) is 16.7 Å². The number of aromatic nitrogens is 3. The maximum Gasteiger partial charge on any atom is 0.149 e. The fraction of sp³-hybridized carbons (Fsp3) is 0.167. The molecule has 0 amide bonds. The highest BCUT2D eigenvalue weighted by molar-refractivity contribution is 6.00. The van der Waals surface area contributed by atoms with Crippen molar-refractivity contribution in [2.75, 3.05) is 0 Å². The number of hydrogen-bond donors (Lipinski definition) is 1. The Bertz CT molecular complexity index is 2560. The molecule has 1 N–H and O–H groups in total. The van der Waals surface area contributed by atoms with Crippen molar-refractivity contribution in [2.24, 2.45) is 0 Å². The van der Waals surface area contributed by atoms with Crippen molar-refractivity contribution in [3.8, 4) is 56.3 Å². The number of fused-ring (bicyclic) bond motifs is 2. The Labute approximate surface area is 306 Å². The molecule has 0 aliphatic carbocycles. The van der Waals surface area contributed by atoms with Crippen LogP contribution in [0.1, 0.15) is 52.7 Å². The van der Waals surface area contributed by atoms with E-state index < -0.39 is 0 Å². The van der Waals surface area contributed by atoms with E-state index in [4.69, 9.17) is 9.97 Å². The molecule has 0 aliphatic rings. The second-order valence-electron chi connectivity index (χ2n) is 15.8. The van der Waals surface area contributed by atoms with E-state index in [0.717, 1.165) is 55.4 Å². The standard InChI is InChI=1S/C48H43N3O/c1-47(2,3)36-28-33(29-37(30-36)48(4,5)6)32-25-34(27-35(26-32)41-20-11-12-24-49-41)39-19-14-22-43-45(39)50-46(40-18-9-10-23-44(40)52)51(43)42-21-13-16-31-15-7-8-17-38(31)42/h7-30,52H,1-6H3. The summed E-state index contributed by atoms with van der Waals surface area (Å²) >= 11 is 0. The summed E-state index contributed by atoms with van der Waals surface area (Å²) in [7, 11) is 0. The van der Waals surface area contributed by atoms with E-state index in [1.54, 1.807) is 6.07 Å². The summed E-state index contributed by atoms with van der Waals surface area (Å²) in [6.45, 7) is 13.7. The van der Waals surface area contributed by atoms with Crippen molar-refractivity contribution < 1.29 is 5.11 Å². The summed E-state index contributed by atoms with van der Waals surface area (Å²) in [4.78, 5) is 10.2. The third kappa shape index (κ3) is 6.05. The molecule has 0 spiro atoms. The van der Waals surface area contributed by atoms with E-state index >= 15 is 0 Å². The van der Waals surface area contributed by atoms with E-state index in [1.807, 2.05) is 36.5 Å². The Kier molecular flexibility index (Phi) is 8.06. The zero-order valence-electron chi connectivity index (χ0n) is 30.6. The molecular formula is C48H43N3O. The Balaban J connectivity index is 1.43. The van der Waals surface area contributed by atoms with Gasteiger partial charge in [-0.1, -0.05) is 126 Å². The number of phenols is 1. The molecule has 4 heteroatoms. The fourth-order valence-corrected chi connectivity index (χ4v) is 7.11. The molecular weight excluding hydrogens is 635 g/mol. The lowest BCUT2D eigenvalue weighted by molar-refractivity contribution is 0.477. The summed E-state index contributed by atoms with van der Waals surface area (Å²) in [5, 5.41) is 13.4. The van der Waals surface area contributed by atoms with Crippen molar-refractivity contribution >= 4 is 21.8 Å². The van der Waals surface area contributed by atoms with Gasteiger partial charge in [-0.25, -0.2) is 4.98 Å². The van der Waals surface area contributed by atoms with Crippen molar-refractivity contribution in [1.82, 2.24) is 14.5 Å². The third-order valence-corrected chi connectivity index (χ3v) is 10.0. The average molecular weight is 678 g/mol. The molecule has 6 aromatic carbocycles. The van der Waals surface area contributed by atoms with Gasteiger partial charge in [0.05, 0.1) is 28.0 Å². The number of para-hydroxylation sites is 2. The topological polar surface area (TPSA) is 50.9 Å². The molecule has 0 fully saturated rings. The van der Waals surface area contributed by atoms with Crippen LogP contribution in [0, 0.1) is 0 Å². The minimum absolute atomic E-state index is 0.0170. The maximum atomic E-state index is 11.2. The van der Waals surface area contributed by atoms with Crippen LogP contribution in [0.15, 0.2) is 146 Å². The monoisotopic (exact) mass is 677 g/mol. The zero-order valence-corrected chi connectivity index (χ0v) is 30.6. The van der Waals surface area contributed by atoms with E-state index in [0.29, 0.717) is 11.4 Å². The van der Waals surface area contributed by atoms with Gasteiger partial charge in [0.1, 0.15) is 11.6 Å². The van der Waals surface area contributed by atoms with Gasteiger partial charge in [-0.2, -0.15) is 0 Å². The minimum Gasteiger partial charge on any atom is -0.507 e. The largest absolute Gasteiger partial charge is 0.507 e. The second-order valence-corrected chi connectivity index (χ2v) is 15.8. The zero-order chi connectivity index (χ0) is 36.2. The SMILES string of the molecule is CC(C)(C)c1cc(-c2cc(-c3ccccn3)cc(-c3cccc4c3nc(-c3ccccc3O)n4-c3cccc4ccccc34)c2)cc(C(C)(C)C)c1. The third-order valence-electron chi connectivity index (χ3n) is 10.0. The van der Waals surface area contributed by atoms with E-state index in [-0.39, 0.29) is 16.6 Å². The summed E-state index contributed by atoms with van der Waals surface area (Å²) in [6.07, 6.45) is 1.85. The molecule has 2 aromatic heterocycles. The van der Waals surface area contributed by atoms with E-state index in [2.05, 4.69) is 149 Å². The first-order valence-corrected chi connectivity index (χ1v) is 18.0. The maximum absolute atomic E-state index is 11.2. The highest BCUT2D eigenvalue weighted by Crippen LogP contribution is 2.41. The van der Waals surface area contributed by atoms with Crippen LogP contribution in [-0.4, -0.2) is 19.6 Å². The number of hydrogen-bond acceptors (Lipinski definition) is 3. The van der Waals surface area contributed by atoms with Crippen LogP contribution in [0.5, 0.6) is 5.75 Å². The first-order valence-electron chi connectivity index (χ1n) is 18.0. The van der Waals surface area contributed by atoms with Gasteiger partial charge in [0, 0.05) is 22.7 Å². The number of aromatic hydroxyl groups is 1. The van der Waals surface area contributed by atoms with Gasteiger partial charge in [-0.3, -0.25) is 9.55 Å². The van der Waals surface area contributed by atoms with Gasteiger partial charge >= 0.3 is 0 Å². The van der Waals surface area contributed by atoms with Crippen molar-refractivity contribution in [3.63, 3.8) is 0 Å². The summed E-state index contributed by atoms with van der Waals surface area (Å²) in [6, 6.07) is 48.5. The Hall–Kier alpha value is -6.00. The molecule has 8 aromatic rings. The molecule has 2 heterocycles. The highest BCUT2D eigenvalue weighted by Gasteiger charge is 2.23. The Morgan fingerprint density at radius 3 is 1.88 bits per heavy atom. The molecule has 0 radical (unpaired) electrons. The lowest BCUT2D eigenvalue weighted by Crippen LogP contribution is -2.16. The quantitative estimate of drug-likeness (QED) is 0.197. The van der Waals surface area contributed by atoms with Crippen LogP contribution in [0.3, 0.4) is 0 Å². The molecule has 256 valence electrons. The molecule has 0 aliphatic heterocycles. The first-order chi connectivity index (χ1) is 25.0. The molecule has 0 saturated carbocycles. The Morgan fingerprint density at radius 2 is 1.15 bits per heavy atom. The van der Waals surface area contributed by atoms with Gasteiger partial charge in [0.15, 0.2) is 0 Å². The summed E-state index contributed by atoms with van der Waals surface area (Å²) < 4.78 is 2.20. The van der Waals surface area contributed by atoms with Gasteiger partial charge in [0.25, 0.3) is 0 Å². The number of phenolic OH excluding ortho intramolecular Hbond substituents is 1. The van der Waals surface area contributed by atoms with Gasteiger partial charge in [-0.05, 0) is 98.6 Å². The van der Waals surface area contributed by atoms with Gasteiger partial charge in [0.2, 0.25) is 0 Å². The number of imidazole rings is 1. The molecule has 0 bridgehead atoms. The number of benzene rings is 6. The van der Waals surface area contributed by atoms with Gasteiger partial charge in [-0.15, -0.1) is 0 Å². The lowest BCUT2D eigenvalue weighted by Gasteiger charge is -2.26. The van der Waals surface area contributed by atoms with Crippen molar-refractivity contribution in [2.45, 2.75) is 52.4 Å². The van der Waals surface area contributed by atoms with Crippen LogP contribution in [0.25, 0.3) is 72.4 Å². The average Bonchev–Trinajstić information content (AvgIpc) is 3.53. The lowest BCUT2D eigenvalue weighted by atomic mass is 9.78. The molecule has 8 rings (SSSR count). The number of rotatable bonds is 5. The predicted octanol–water partition coefficient (Wildman–Crippen LogP) is 12.5. The van der Waals surface area contributed by atoms with Crippen LogP contribution in [-0.2, 0) is 10.8 Å². The molecule has 52 heavy (non-hydrogen) atoms. The minimum atomic E-state index is -0.0170.